The van der Waals surface area contributed by atoms with Crippen LogP contribution < -0.4 is 5.32 Å². The summed E-state index contributed by atoms with van der Waals surface area (Å²) >= 11 is 0. The van der Waals surface area contributed by atoms with Gasteiger partial charge in [0, 0.05) is 31.6 Å². The molecule has 2 aromatic rings. The van der Waals surface area contributed by atoms with Gasteiger partial charge in [0.2, 0.25) is 11.7 Å². The second kappa shape index (κ2) is 6.74. The summed E-state index contributed by atoms with van der Waals surface area (Å²) in [6.07, 6.45) is 8.63. The number of amides is 1. The van der Waals surface area contributed by atoms with Crippen molar-refractivity contribution in [3.63, 3.8) is 0 Å². The number of hydrogen-bond acceptors (Lipinski definition) is 6. The summed E-state index contributed by atoms with van der Waals surface area (Å²) in [6.45, 7) is 0. The van der Waals surface area contributed by atoms with Gasteiger partial charge in [0.1, 0.15) is 12.1 Å². The van der Waals surface area contributed by atoms with Crippen LogP contribution in [-0.4, -0.2) is 49.8 Å². The van der Waals surface area contributed by atoms with Crippen LogP contribution >= 0.6 is 0 Å². The van der Waals surface area contributed by atoms with Crippen LogP contribution in [0.1, 0.15) is 36.3 Å². The standard InChI is InChI=1S/C15H19N5O3/c1-23-11-4-2-10(3-5-11)17-15(22)14-18-12(8-13(21)19-14)20-7-6-16-9-20/h6-11H,2-5H2,1H3,(H,17,22)(H,18,19,21)/t10-,11-. The molecule has 2 aromatic heterocycles. The molecule has 0 spiro atoms. The van der Waals surface area contributed by atoms with E-state index in [0.717, 1.165) is 25.7 Å². The fraction of sp³-hybridized carbons (Fsp3) is 0.467. The molecule has 0 aromatic carbocycles. The normalized spacial score (nSPS) is 21.1. The SMILES string of the molecule is CO[C@H]1CC[C@H](NC(=O)c2nc(O)cc(-n3ccnc3)n2)CC1. The zero-order valence-electron chi connectivity index (χ0n) is 12.8. The number of rotatable bonds is 4. The number of carbonyl (C=O) groups is 1. The van der Waals surface area contributed by atoms with Crippen LogP contribution in [0.5, 0.6) is 5.88 Å². The molecular weight excluding hydrogens is 298 g/mol. The number of hydrogen-bond donors (Lipinski definition) is 2. The highest BCUT2D eigenvalue weighted by molar-refractivity contribution is 5.91. The highest BCUT2D eigenvalue weighted by atomic mass is 16.5. The highest BCUT2D eigenvalue weighted by Crippen LogP contribution is 2.21. The minimum Gasteiger partial charge on any atom is -0.493 e. The Hall–Kier alpha value is -2.48. The molecule has 0 atom stereocenters. The van der Waals surface area contributed by atoms with E-state index in [1.54, 1.807) is 24.1 Å². The van der Waals surface area contributed by atoms with Gasteiger partial charge in [-0.3, -0.25) is 9.36 Å². The van der Waals surface area contributed by atoms with Gasteiger partial charge in [-0.1, -0.05) is 0 Å². The molecule has 1 amide bonds. The molecule has 8 nitrogen and oxygen atoms in total. The van der Waals surface area contributed by atoms with Crippen molar-refractivity contribution in [1.82, 2.24) is 24.8 Å². The third-order valence-electron chi connectivity index (χ3n) is 4.01. The highest BCUT2D eigenvalue weighted by Gasteiger charge is 2.23. The largest absolute Gasteiger partial charge is 0.493 e. The van der Waals surface area contributed by atoms with Gasteiger partial charge in [-0.25, -0.2) is 9.97 Å². The molecule has 0 aliphatic heterocycles. The van der Waals surface area contributed by atoms with Crippen molar-refractivity contribution in [3.8, 4) is 11.7 Å². The topological polar surface area (TPSA) is 102 Å². The van der Waals surface area contributed by atoms with Crippen LogP contribution in [0.4, 0.5) is 0 Å². The van der Waals surface area contributed by atoms with Crippen LogP contribution in [0.2, 0.25) is 0 Å². The molecule has 3 rings (SSSR count). The Morgan fingerprint density at radius 1 is 1.35 bits per heavy atom. The number of aromatic hydroxyl groups is 1. The molecule has 2 heterocycles. The van der Waals surface area contributed by atoms with E-state index in [9.17, 15) is 9.90 Å². The number of imidazole rings is 1. The third kappa shape index (κ3) is 3.65. The lowest BCUT2D eigenvalue weighted by Crippen LogP contribution is -2.39. The van der Waals surface area contributed by atoms with Gasteiger partial charge in [-0.2, -0.15) is 4.98 Å². The molecule has 1 fully saturated rings. The minimum atomic E-state index is -0.386. The van der Waals surface area contributed by atoms with Crippen molar-refractivity contribution in [2.75, 3.05) is 7.11 Å². The Morgan fingerprint density at radius 2 is 2.13 bits per heavy atom. The maximum atomic E-state index is 12.3. The third-order valence-corrected chi connectivity index (χ3v) is 4.01. The molecule has 1 saturated carbocycles. The Kier molecular flexibility index (Phi) is 4.52. The molecule has 122 valence electrons. The fourth-order valence-electron chi connectivity index (χ4n) is 2.74. The number of carbonyl (C=O) groups excluding carboxylic acids is 1. The molecule has 0 unspecified atom stereocenters. The van der Waals surface area contributed by atoms with Crippen molar-refractivity contribution < 1.29 is 14.6 Å². The Morgan fingerprint density at radius 3 is 2.78 bits per heavy atom. The lowest BCUT2D eigenvalue weighted by Gasteiger charge is -2.27. The van der Waals surface area contributed by atoms with Gasteiger partial charge in [0.15, 0.2) is 0 Å². The lowest BCUT2D eigenvalue weighted by atomic mass is 9.93. The van der Waals surface area contributed by atoms with Crippen LogP contribution in [-0.2, 0) is 4.74 Å². The van der Waals surface area contributed by atoms with Crippen molar-refractivity contribution in [3.05, 3.63) is 30.6 Å². The zero-order chi connectivity index (χ0) is 16.2. The average Bonchev–Trinajstić information content (AvgIpc) is 3.09. The number of nitrogens with one attached hydrogen (secondary N) is 1. The Balaban J connectivity index is 1.70. The monoisotopic (exact) mass is 317 g/mol. The Labute approximate surface area is 133 Å². The van der Waals surface area contributed by atoms with E-state index in [2.05, 4.69) is 20.3 Å². The summed E-state index contributed by atoms with van der Waals surface area (Å²) in [5.41, 5.74) is 0. The van der Waals surface area contributed by atoms with Gasteiger partial charge < -0.3 is 15.2 Å². The molecular formula is C15H19N5O3. The summed E-state index contributed by atoms with van der Waals surface area (Å²) in [5, 5.41) is 12.7. The quantitative estimate of drug-likeness (QED) is 0.874. The van der Waals surface area contributed by atoms with E-state index < -0.39 is 0 Å². The van der Waals surface area contributed by atoms with Crippen molar-refractivity contribution in [2.24, 2.45) is 0 Å². The van der Waals surface area contributed by atoms with Crippen LogP contribution in [0, 0.1) is 0 Å². The van der Waals surface area contributed by atoms with Crippen molar-refractivity contribution in [2.45, 2.75) is 37.8 Å². The second-order valence-corrected chi connectivity index (χ2v) is 5.56. The van der Waals surface area contributed by atoms with Crippen LogP contribution in [0.3, 0.4) is 0 Å². The summed E-state index contributed by atoms with van der Waals surface area (Å²) in [5.74, 6) is -0.300. The number of aromatic nitrogens is 4. The first-order valence-corrected chi connectivity index (χ1v) is 7.55. The Bertz CT molecular complexity index is 666. The first-order chi connectivity index (χ1) is 11.2. The van der Waals surface area contributed by atoms with E-state index in [1.165, 1.54) is 12.4 Å². The maximum Gasteiger partial charge on any atom is 0.289 e. The van der Waals surface area contributed by atoms with E-state index >= 15 is 0 Å². The van der Waals surface area contributed by atoms with Gasteiger partial charge in [0.05, 0.1) is 6.10 Å². The van der Waals surface area contributed by atoms with E-state index in [0.29, 0.717) is 5.82 Å². The molecule has 1 aliphatic rings. The molecule has 0 saturated heterocycles. The smallest absolute Gasteiger partial charge is 0.289 e. The molecule has 8 heteroatoms. The fourth-order valence-corrected chi connectivity index (χ4v) is 2.74. The van der Waals surface area contributed by atoms with E-state index in [-0.39, 0.29) is 29.8 Å². The number of nitrogens with zero attached hydrogens (tertiary/aromatic N) is 4. The summed E-state index contributed by atoms with van der Waals surface area (Å²) < 4.78 is 6.92. The van der Waals surface area contributed by atoms with E-state index in [4.69, 9.17) is 4.74 Å². The summed E-state index contributed by atoms with van der Waals surface area (Å²) in [4.78, 5) is 24.3. The average molecular weight is 317 g/mol. The molecule has 0 bridgehead atoms. The number of ether oxygens (including phenoxy) is 1. The minimum absolute atomic E-state index is 0.0532. The van der Waals surface area contributed by atoms with Crippen LogP contribution in [0.15, 0.2) is 24.8 Å². The van der Waals surface area contributed by atoms with Gasteiger partial charge >= 0.3 is 0 Å². The molecule has 2 N–H and O–H groups in total. The maximum absolute atomic E-state index is 12.3. The van der Waals surface area contributed by atoms with Gasteiger partial charge in [-0.05, 0) is 25.7 Å². The number of methoxy groups -OCH3 is 1. The predicted octanol–water partition coefficient (Wildman–Crippen LogP) is 1.06. The lowest BCUT2D eigenvalue weighted by molar-refractivity contribution is 0.0597. The molecule has 23 heavy (non-hydrogen) atoms. The van der Waals surface area contributed by atoms with Crippen LogP contribution in [0.25, 0.3) is 5.82 Å². The van der Waals surface area contributed by atoms with E-state index in [1.807, 2.05) is 0 Å². The van der Waals surface area contributed by atoms with Gasteiger partial charge in [-0.15, -0.1) is 0 Å². The summed E-state index contributed by atoms with van der Waals surface area (Å²) in [7, 11) is 1.71. The van der Waals surface area contributed by atoms with Crippen molar-refractivity contribution >= 4 is 5.91 Å². The van der Waals surface area contributed by atoms with Crippen molar-refractivity contribution in [1.29, 1.82) is 0 Å². The van der Waals surface area contributed by atoms with Gasteiger partial charge in [0.25, 0.3) is 5.91 Å². The summed E-state index contributed by atoms with van der Waals surface area (Å²) in [6, 6.07) is 1.46. The zero-order valence-corrected chi connectivity index (χ0v) is 12.8. The first kappa shape index (κ1) is 15.4. The molecule has 0 radical (unpaired) electrons. The molecule has 1 aliphatic carbocycles. The second-order valence-electron chi connectivity index (χ2n) is 5.56. The predicted molar refractivity (Wildman–Crippen MR) is 81.3 cm³/mol. The first-order valence-electron chi connectivity index (χ1n) is 7.55.